The van der Waals surface area contributed by atoms with Gasteiger partial charge in [0.25, 0.3) is 5.91 Å². The van der Waals surface area contributed by atoms with E-state index in [-0.39, 0.29) is 17.5 Å². The molecular formula is C20H19N5O2. The lowest BCUT2D eigenvalue weighted by molar-refractivity contribution is -0.114. The van der Waals surface area contributed by atoms with Gasteiger partial charge >= 0.3 is 0 Å². The van der Waals surface area contributed by atoms with Crippen LogP contribution in [0.3, 0.4) is 0 Å². The molecule has 0 atom stereocenters. The lowest BCUT2D eigenvalue weighted by Crippen LogP contribution is -2.15. The molecule has 2 aromatic carbocycles. The van der Waals surface area contributed by atoms with Crippen molar-refractivity contribution in [3.8, 4) is 0 Å². The summed E-state index contributed by atoms with van der Waals surface area (Å²) < 4.78 is 0. The Labute approximate surface area is 156 Å². The van der Waals surface area contributed by atoms with Crippen molar-refractivity contribution in [2.24, 2.45) is 0 Å². The first-order valence-corrected chi connectivity index (χ1v) is 8.35. The summed E-state index contributed by atoms with van der Waals surface area (Å²) in [6.45, 7) is 3.43. The number of hydrogen-bond donors (Lipinski definition) is 3. The third-order valence-electron chi connectivity index (χ3n) is 3.63. The first-order chi connectivity index (χ1) is 13.0. The second-order valence-corrected chi connectivity index (χ2v) is 5.97. The van der Waals surface area contributed by atoms with Gasteiger partial charge in [-0.2, -0.15) is 0 Å². The molecule has 3 rings (SSSR count). The van der Waals surface area contributed by atoms with Crippen LogP contribution >= 0.6 is 0 Å². The molecule has 0 saturated carbocycles. The first kappa shape index (κ1) is 18.1. The SMILES string of the molecule is CC(=O)Nc1ccc(NC(=O)c2ccnc(Nc3cccc(C)c3)n2)cc1. The summed E-state index contributed by atoms with van der Waals surface area (Å²) in [4.78, 5) is 31.9. The Kier molecular flexibility index (Phi) is 5.41. The van der Waals surface area contributed by atoms with E-state index in [1.165, 1.54) is 13.1 Å². The Morgan fingerprint density at radius 1 is 0.889 bits per heavy atom. The number of benzene rings is 2. The molecule has 1 heterocycles. The van der Waals surface area contributed by atoms with E-state index in [1.807, 2.05) is 31.2 Å². The molecule has 0 aliphatic heterocycles. The molecule has 136 valence electrons. The lowest BCUT2D eigenvalue weighted by atomic mass is 10.2. The van der Waals surface area contributed by atoms with Crippen LogP contribution in [0.4, 0.5) is 23.0 Å². The molecule has 0 aliphatic rings. The number of carbonyl (C=O) groups is 2. The van der Waals surface area contributed by atoms with Gasteiger partial charge in [-0.05, 0) is 55.0 Å². The van der Waals surface area contributed by atoms with Crippen LogP contribution in [0.15, 0.2) is 60.8 Å². The maximum absolute atomic E-state index is 12.4. The molecule has 1 aromatic heterocycles. The summed E-state index contributed by atoms with van der Waals surface area (Å²) >= 11 is 0. The fourth-order valence-corrected chi connectivity index (χ4v) is 2.43. The topological polar surface area (TPSA) is 96.0 Å². The third kappa shape index (κ3) is 5.12. The zero-order chi connectivity index (χ0) is 19.2. The van der Waals surface area contributed by atoms with Crippen LogP contribution in [0, 0.1) is 6.92 Å². The molecule has 0 unspecified atom stereocenters. The van der Waals surface area contributed by atoms with Crippen molar-refractivity contribution < 1.29 is 9.59 Å². The van der Waals surface area contributed by atoms with E-state index in [0.717, 1.165) is 11.3 Å². The van der Waals surface area contributed by atoms with Gasteiger partial charge in [0.2, 0.25) is 11.9 Å². The highest BCUT2D eigenvalue weighted by Gasteiger charge is 2.10. The monoisotopic (exact) mass is 361 g/mol. The van der Waals surface area contributed by atoms with Gasteiger partial charge in [-0.25, -0.2) is 9.97 Å². The molecule has 2 amide bonds. The second kappa shape index (κ2) is 8.09. The van der Waals surface area contributed by atoms with E-state index in [0.29, 0.717) is 17.3 Å². The first-order valence-electron chi connectivity index (χ1n) is 8.35. The van der Waals surface area contributed by atoms with Gasteiger partial charge in [0, 0.05) is 30.2 Å². The third-order valence-corrected chi connectivity index (χ3v) is 3.63. The number of nitrogens with zero attached hydrogens (tertiary/aromatic N) is 2. The zero-order valence-electron chi connectivity index (χ0n) is 15.0. The van der Waals surface area contributed by atoms with Gasteiger partial charge in [0.15, 0.2) is 0 Å². The predicted octanol–water partition coefficient (Wildman–Crippen LogP) is 3.74. The van der Waals surface area contributed by atoms with E-state index >= 15 is 0 Å². The van der Waals surface area contributed by atoms with Crippen molar-refractivity contribution >= 4 is 34.8 Å². The van der Waals surface area contributed by atoms with Crippen molar-refractivity contribution in [1.29, 1.82) is 0 Å². The molecule has 0 bridgehead atoms. The van der Waals surface area contributed by atoms with Gasteiger partial charge in [0.05, 0.1) is 0 Å². The number of hydrogen-bond acceptors (Lipinski definition) is 5. The van der Waals surface area contributed by atoms with Crippen LogP contribution in [0.5, 0.6) is 0 Å². The van der Waals surface area contributed by atoms with E-state index in [4.69, 9.17) is 0 Å². The van der Waals surface area contributed by atoms with Gasteiger partial charge in [-0.15, -0.1) is 0 Å². The molecule has 27 heavy (non-hydrogen) atoms. The normalized spacial score (nSPS) is 10.1. The number of anilines is 4. The van der Waals surface area contributed by atoms with Crippen LogP contribution in [0.25, 0.3) is 0 Å². The van der Waals surface area contributed by atoms with Gasteiger partial charge in [-0.3, -0.25) is 9.59 Å². The van der Waals surface area contributed by atoms with Gasteiger partial charge in [0.1, 0.15) is 5.69 Å². The molecule has 0 fully saturated rings. The molecule has 0 spiro atoms. The van der Waals surface area contributed by atoms with Gasteiger partial charge < -0.3 is 16.0 Å². The van der Waals surface area contributed by atoms with Crippen LogP contribution in [0.1, 0.15) is 23.0 Å². The maximum atomic E-state index is 12.4. The molecule has 0 aliphatic carbocycles. The number of aromatic nitrogens is 2. The second-order valence-electron chi connectivity index (χ2n) is 5.97. The number of aryl methyl sites for hydroxylation is 1. The fraction of sp³-hybridized carbons (Fsp3) is 0.100. The van der Waals surface area contributed by atoms with Crippen molar-refractivity contribution in [3.05, 3.63) is 72.1 Å². The molecule has 3 aromatic rings. The summed E-state index contributed by atoms with van der Waals surface area (Å²) in [6, 6.07) is 16.2. The molecule has 7 nitrogen and oxygen atoms in total. The Morgan fingerprint density at radius 3 is 2.26 bits per heavy atom. The maximum Gasteiger partial charge on any atom is 0.274 e. The Morgan fingerprint density at radius 2 is 1.59 bits per heavy atom. The lowest BCUT2D eigenvalue weighted by Gasteiger charge is -2.08. The quantitative estimate of drug-likeness (QED) is 0.643. The molecule has 0 saturated heterocycles. The predicted molar refractivity (Wildman–Crippen MR) is 105 cm³/mol. The van der Waals surface area contributed by atoms with Crippen LogP contribution in [0.2, 0.25) is 0 Å². The summed E-state index contributed by atoms with van der Waals surface area (Å²) in [5, 5.41) is 8.53. The van der Waals surface area contributed by atoms with Crippen LogP contribution < -0.4 is 16.0 Å². The van der Waals surface area contributed by atoms with Crippen LogP contribution in [-0.2, 0) is 4.79 Å². The molecular weight excluding hydrogens is 342 g/mol. The van der Waals surface area contributed by atoms with Crippen molar-refractivity contribution in [3.63, 3.8) is 0 Å². The smallest absolute Gasteiger partial charge is 0.274 e. The standard InChI is InChI=1S/C20H19N5O2/c1-13-4-3-5-17(12-13)24-20-21-11-10-18(25-20)19(27)23-16-8-6-15(7-9-16)22-14(2)26/h3-12H,1-2H3,(H,22,26)(H,23,27)(H,21,24,25). The summed E-state index contributed by atoms with van der Waals surface area (Å²) in [5.74, 6) is -0.160. The summed E-state index contributed by atoms with van der Waals surface area (Å²) in [5.41, 5.74) is 3.46. The molecule has 3 N–H and O–H groups in total. The Balaban J connectivity index is 1.69. The average Bonchev–Trinajstić information content (AvgIpc) is 2.63. The largest absolute Gasteiger partial charge is 0.326 e. The van der Waals surface area contributed by atoms with Crippen LogP contribution in [-0.4, -0.2) is 21.8 Å². The Bertz CT molecular complexity index is 970. The summed E-state index contributed by atoms with van der Waals surface area (Å²) in [6.07, 6.45) is 1.53. The minimum Gasteiger partial charge on any atom is -0.326 e. The van der Waals surface area contributed by atoms with Crippen molar-refractivity contribution in [1.82, 2.24) is 9.97 Å². The number of carbonyl (C=O) groups excluding carboxylic acids is 2. The van der Waals surface area contributed by atoms with Gasteiger partial charge in [-0.1, -0.05) is 12.1 Å². The van der Waals surface area contributed by atoms with Crippen molar-refractivity contribution in [2.45, 2.75) is 13.8 Å². The number of amides is 2. The minimum absolute atomic E-state index is 0.151. The number of rotatable bonds is 5. The van der Waals surface area contributed by atoms with E-state index in [2.05, 4.69) is 25.9 Å². The van der Waals surface area contributed by atoms with E-state index in [9.17, 15) is 9.59 Å². The average molecular weight is 361 g/mol. The minimum atomic E-state index is -0.350. The Hall–Kier alpha value is -3.74. The number of nitrogens with one attached hydrogen (secondary N) is 3. The summed E-state index contributed by atoms with van der Waals surface area (Å²) in [7, 11) is 0. The highest BCUT2D eigenvalue weighted by Crippen LogP contribution is 2.16. The zero-order valence-corrected chi connectivity index (χ0v) is 15.0. The fourth-order valence-electron chi connectivity index (χ4n) is 2.43. The van der Waals surface area contributed by atoms with E-state index < -0.39 is 0 Å². The highest BCUT2D eigenvalue weighted by molar-refractivity contribution is 6.03. The van der Waals surface area contributed by atoms with Crippen molar-refractivity contribution in [2.75, 3.05) is 16.0 Å². The highest BCUT2D eigenvalue weighted by atomic mass is 16.2. The molecule has 7 heteroatoms. The molecule has 0 radical (unpaired) electrons. The van der Waals surface area contributed by atoms with E-state index in [1.54, 1.807) is 30.3 Å².